The van der Waals surface area contributed by atoms with E-state index in [4.69, 9.17) is 10.5 Å². The molecule has 1 saturated heterocycles. The lowest BCUT2D eigenvalue weighted by Gasteiger charge is -2.22. The molecule has 1 amide bonds. The summed E-state index contributed by atoms with van der Waals surface area (Å²) in [6.07, 6.45) is 3.48. The first kappa shape index (κ1) is 13.9. The van der Waals surface area contributed by atoms with E-state index < -0.39 is 0 Å². The molecule has 0 spiro atoms. The summed E-state index contributed by atoms with van der Waals surface area (Å²) in [6.45, 7) is 2.99. The van der Waals surface area contributed by atoms with E-state index in [9.17, 15) is 4.79 Å². The highest BCUT2D eigenvalue weighted by molar-refractivity contribution is 5.74. The van der Waals surface area contributed by atoms with Crippen molar-refractivity contribution in [2.45, 2.75) is 25.7 Å². The Labute approximate surface area is 114 Å². The fraction of sp³-hybridized carbons (Fsp3) is 0.533. The van der Waals surface area contributed by atoms with E-state index in [2.05, 4.69) is 5.32 Å². The van der Waals surface area contributed by atoms with Gasteiger partial charge in [0.05, 0.1) is 6.61 Å². The van der Waals surface area contributed by atoms with E-state index >= 15 is 0 Å². The van der Waals surface area contributed by atoms with Gasteiger partial charge in [-0.2, -0.15) is 0 Å². The molecular formula is C15H22N2O2. The Kier molecular flexibility index (Phi) is 5.21. The summed E-state index contributed by atoms with van der Waals surface area (Å²) in [7, 11) is 0. The molecule has 2 rings (SSSR count). The normalized spacial score (nSPS) is 16.2. The SMILES string of the molecule is NC(=O)CCc1ccc(OCC2CCNCC2)cc1. The van der Waals surface area contributed by atoms with Gasteiger partial charge in [-0.1, -0.05) is 12.1 Å². The van der Waals surface area contributed by atoms with Crippen LogP contribution in [0, 0.1) is 5.92 Å². The Balaban J connectivity index is 1.76. The number of hydrogen-bond acceptors (Lipinski definition) is 3. The van der Waals surface area contributed by atoms with Crippen molar-refractivity contribution in [2.24, 2.45) is 11.7 Å². The van der Waals surface area contributed by atoms with E-state index in [0.717, 1.165) is 31.0 Å². The molecular weight excluding hydrogens is 240 g/mol. The maximum atomic E-state index is 10.7. The number of hydrogen-bond donors (Lipinski definition) is 2. The molecule has 0 bridgehead atoms. The molecule has 1 fully saturated rings. The van der Waals surface area contributed by atoms with Gasteiger partial charge >= 0.3 is 0 Å². The number of nitrogens with one attached hydrogen (secondary N) is 1. The number of carbonyl (C=O) groups is 1. The van der Waals surface area contributed by atoms with Crippen molar-refractivity contribution in [1.29, 1.82) is 0 Å². The summed E-state index contributed by atoms with van der Waals surface area (Å²) in [5.41, 5.74) is 6.25. The van der Waals surface area contributed by atoms with Gasteiger partial charge in [-0.05, 0) is 56.0 Å². The van der Waals surface area contributed by atoms with Crippen LogP contribution in [0.1, 0.15) is 24.8 Å². The molecule has 0 aliphatic carbocycles. The van der Waals surface area contributed by atoms with E-state index in [1.807, 2.05) is 24.3 Å². The Hall–Kier alpha value is -1.55. The van der Waals surface area contributed by atoms with Crippen molar-refractivity contribution in [3.8, 4) is 5.75 Å². The third kappa shape index (κ3) is 4.91. The molecule has 0 unspecified atom stereocenters. The summed E-state index contributed by atoms with van der Waals surface area (Å²) < 4.78 is 5.81. The molecule has 4 nitrogen and oxygen atoms in total. The number of amides is 1. The quantitative estimate of drug-likeness (QED) is 0.816. The second-order valence-corrected chi connectivity index (χ2v) is 5.11. The minimum atomic E-state index is -0.258. The van der Waals surface area contributed by atoms with Crippen molar-refractivity contribution >= 4 is 5.91 Å². The second kappa shape index (κ2) is 7.14. The van der Waals surface area contributed by atoms with Crippen LogP contribution < -0.4 is 15.8 Å². The zero-order valence-corrected chi connectivity index (χ0v) is 11.2. The number of piperidine rings is 1. The summed E-state index contributed by atoms with van der Waals surface area (Å²) in [5, 5.41) is 3.35. The number of benzene rings is 1. The van der Waals surface area contributed by atoms with Crippen LogP contribution in [-0.2, 0) is 11.2 Å². The standard InChI is InChI=1S/C15H22N2O2/c16-15(18)6-3-12-1-4-14(5-2-12)19-11-13-7-9-17-10-8-13/h1-2,4-5,13,17H,3,6-11H2,(H2,16,18). The Morgan fingerprint density at radius 1 is 1.26 bits per heavy atom. The van der Waals surface area contributed by atoms with Crippen LogP contribution >= 0.6 is 0 Å². The highest BCUT2D eigenvalue weighted by atomic mass is 16.5. The van der Waals surface area contributed by atoms with Gasteiger partial charge in [-0.3, -0.25) is 4.79 Å². The van der Waals surface area contributed by atoms with Gasteiger partial charge in [0.25, 0.3) is 0 Å². The molecule has 4 heteroatoms. The van der Waals surface area contributed by atoms with Crippen LogP contribution in [0.3, 0.4) is 0 Å². The Morgan fingerprint density at radius 3 is 2.58 bits per heavy atom. The van der Waals surface area contributed by atoms with Crippen molar-refractivity contribution in [2.75, 3.05) is 19.7 Å². The van der Waals surface area contributed by atoms with Crippen molar-refractivity contribution in [3.63, 3.8) is 0 Å². The summed E-state index contributed by atoms with van der Waals surface area (Å²) in [5.74, 6) is 1.31. The molecule has 19 heavy (non-hydrogen) atoms. The Bertz CT molecular complexity index is 397. The lowest BCUT2D eigenvalue weighted by molar-refractivity contribution is -0.117. The van der Waals surface area contributed by atoms with Gasteiger partial charge in [0.1, 0.15) is 5.75 Å². The predicted octanol–water partition coefficient (Wildman–Crippen LogP) is 1.48. The van der Waals surface area contributed by atoms with Gasteiger partial charge in [0.15, 0.2) is 0 Å². The van der Waals surface area contributed by atoms with E-state index in [1.165, 1.54) is 12.8 Å². The van der Waals surface area contributed by atoms with Gasteiger partial charge in [0, 0.05) is 6.42 Å². The molecule has 104 valence electrons. The van der Waals surface area contributed by atoms with Crippen molar-refractivity contribution < 1.29 is 9.53 Å². The van der Waals surface area contributed by atoms with Crippen LogP contribution in [0.2, 0.25) is 0 Å². The molecule has 1 heterocycles. The Morgan fingerprint density at radius 2 is 1.95 bits per heavy atom. The molecule has 1 aliphatic heterocycles. The largest absolute Gasteiger partial charge is 0.493 e. The topological polar surface area (TPSA) is 64.4 Å². The molecule has 1 aliphatic rings. The van der Waals surface area contributed by atoms with Gasteiger partial charge < -0.3 is 15.8 Å². The van der Waals surface area contributed by atoms with E-state index in [1.54, 1.807) is 0 Å². The maximum absolute atomic E-state index is 10.7. The molecule has 0 aromatic heterocycles. The third-order valence-electron chi connectivity index (χ3n) is 3.53. The number of ether oxygens (including phenoxy) is 1. The molecule has 1 aromatic rings. The molecule has 1 aromatic carbocycles. The first-order valence-electron chi connectivity index (χ1n) is 6.95. The summed E-state index contributed by atoms with van der Waals surface area (Å²) in [6, 6.07) is 7.94. The summed E-state index contributed by atoms with van der Waals surface area (Å²) >= 11 is 0. The van der Waals surface area contributed by atoms with Crippen LogP contribution in [0.4, 0.5) is 0 Å². The smallest absolute Gasteiger partial charge is 0.217 e. The third-order valence-corrected chi connectivity index (χ3v) is 3.53. The molecule has 0 saturated carbocycles. The van der Waals surface area contributed by atoms with Crippen molar-refractivity contribution in [3.05, 3.63) is 29.8 Å². The zero-order chi connectivity index (χ0) is 13.5. The average molecular weight is 262 g/mol. The predicted molar refractivity (Wildman–Crippen MR) is 75.0 cm³/mol. The lowest BCUT2D eigenvalue weighted by atomic mass is 9.99. The minimum absolute atomic E-state index is 0.258. The van der Waals surface area contributed by atoms with Gasteiger partial charge in [-0.15, -0.1) is 0 Å². The van der Waals surface area contributed by atoms with Gasteiger partial charge in [-0.25, -0.2) is 0 Å². The highest BCUT2D eigenvalue weighted by Gasteiger charge is 2.13. The number of rotatable bonds is 6. The average Bonchev–Trinajstić information content (AvgIpc) is 2.45. The monoisotopic (exact) mass is 262 g/mol. The number of aryl methyl sites for hydroxylation is 1. The molecule has 0 radical (unpaired) electrons. The maximum Gasteiger partial charge on any atom is 0.217 e. The minimum Gasteiger partial charge on any atom is -0.493 e. The summed E-state index contributed by atoms with van der Waals surface area (Å²) in [4.78, 5) is 10.7. The second-order valence-electron chi connectivity index (χ2n) is 5.11. The van der Waals surface area contributed by atoms with Crippen LogP contribution in [0.5, 0.6) is 5.75 Å². The van der Waals surface area contributed by atoms with Crippen LogP contribution in [-0.4, -0.2) is 25.6 Å². The first-order chi connectivity index (χ1) is 9.24. The number of carbonyl (C=O) groups excluding carboxylic acids is 1. The zero-order valence-electron chi connectivity index (χ0n) is 11.2. The van der Waals surface area contributed by atoms with Gasteiger partial charge in [0.2, 0.25) is 5.91 Å². The van der Waals surface area contributed by atoms with Crippen LogP contribution in [0.15, 0.2) is 24.3 Å². The fourth-order valence-corrected chi connectivity index (χ4v) is 2.28. The van der Waals surface area contributed by atoms with E-state index in [0.29, 0.717) is 18.8 Å². The lowest BCUT2D eigenvalue weighted by Crippen LogP contribution is -2.30. The van der Waals surface area contributed by atoms with Crippen molar-refractivity contribution in [1.82, 2.24) is 5.32 Å². The van der Waals surface area contributed by atoms with E-state index in [-0.39, 0.29) is 5.91 Å². The number of primary amides is 1. The molecule has 3 N–H and O–H groups in total. The highest BCUT2D eigenvalue weighted by Crippen LogP contribution is 2.17. The number of nitrogens with two attached hydrogens (primary N) is 1. The molecule has 0 atom stereocenters. The first-order valence-corrected chi connectivity index (χ1v) is 6.95. The van der Waals surface area contributed by atoms with Crippen LogP contribution in [0.25, 0.3) is 0 Å². The fourth-order valence-electron chi connectivity index (χ4n) is 2.28.